The molecule has 0 saturated carbocycles. The van der Waals surface area contributed by atoms with Gasteiger partial charge in [-0.1, -0.05) is 23.2 Å². The van der Waals surface area contributed by atoms with Gasteiger partial charge in [-0.2, -0.15) is 4.31 Å². The average Bonchev–Trinajstić information content (AvgIpc) is 2.70. The van der Waals surface area contributed by atoms with Crippen LogP contribution >= 0.6 is 23.2 Å². The van der Waals surface area contributed by atoms with Crippen molar-refractivity contribution in [1.82, 2.24) is 4.31 Å². The molecule has 1 N–H and O–H groups in total. The molecule has 156 valence electrons. The van der Waals surface area contributed by atoms with Crippen molar-refractivity contribution in [1.29, 1.82) is 0 Å². The highest BCUT2D eigenvalue weighted by molar-refractivity contribution is 7.89. The Morgan fingerprint density at radius 3 is 2.66 bits per heavy atom. The van der Waals surface area contributed by atoms with Crippen molar-refractivity contribution in [3.63, 3.8) is 0 Å². The number of methoxy groups -OCH3 is 1. The molecule has 0 aromatic heterocycles. The van der Waals surface area contributed by atoms with Crippen LogP contribution in [0.25, 0.3) is 0 Å². The SMILES string of the molecule is COc1ccc(F)cc1S(=O)(=O)N1CCC[C@@H](C(=O)Nc2ccc(Cl)c(Cl)c2)C1. The van der Waals surface area contributed by atoms with Gasteiger partial charge < -0.3 is 10.1 Å². The van der Waals surface area contributed by atoms with Crippen molar-refractivity contribution >= 4 is 44.8 Å². The molecule has 0 bridgehead atoms. The van der Waals surface area contributed by atoms with Gasteiger partial charge in [0.05, 0.1) is 23.1 Å². The van der Waals surface area contributed by atoms with Crippen molar-refractivity contribution in [2.75, 3.05) is 25.5 Å². The van der Waals surface area contributed by atoms with Gasteiger partial charge in [-0.05, 0) is 49.2 Å². The predicted octanol–water partition coefficient (Wildman–Crippen LogP) is 4.18. The zero-order valence-corrected chi connectivity index (χ0v) is 17.8. The van der Waals surface area contributed by atoms with E-state index in [9.17, 15) is 17.6 Å². The number of sulfonamides is 1. The molecule has 1 aliphatic heterocycles. The van der Waals surface area contributed by atoms with Gasteiger partial charge in [-0.15, -0.1) is 0 Å². The molecular formula is C19H19Cl2FN2O4S. The van der Waals surface area contributed by atoms with E-state index >= 15 is 0 Å². The molecular weight excluding hydrogens is 442 g/mol. The quantitative estimate of drug-likeness (QED) is 0.725. The van der Waals surface area contributed by atoms with Crippen LogP contribution in [0.4, 0.5) is 10.1 Å². The lowest BCUT2D eigenvalue weighted by atomic mass is 9.99. The number of hydrogen-bond donors (Lipinski definition) is 1. The normalized spacial score (nSPS) is 17.7. The Balaban J connectivity index is 1.78. The van der Waals surface area contributed by atoms with Crippen LogP contribution in [0.1, 0.15) is 12.8 Å². The minimum absolute atomic E-state index is 0.0187. The zero-order valence-electron chi connectivity index (χ0n) is 15.5. The Labute approximate surface area is 178 Å². The zero-order chi connectivity index (χ0) is 21.2. The number of halogens is 3. The molecule has 29 heavy (non-hydrogen) atoms. The first-order valence-corrected chi connectivity index (χ1v) is 11.0. The lowest BCUT2D eigenvalue weighted by Crippen LogP contribution is -2.43. The van der Waals surface area contributed by atoms with Gasteiger partial charge in [0.15, 0.2) is 0 Å². The van der Waals surface area contributed by atoms with Crippen LogP contribution in [0.3, 0.4) is 0 Å². The highest BCUT2D eigenvalue weighted by Gasteiger charge is 2.35. The smallest absolute Gasteiger partial charge is 0.246 e. The molecule has 2 aromatic carbocycles. The second-order valence-corrected chi connectivity index (χ2v) is 9.34. The minimum atomic E-state index is -4.03. The fourth-order valence-electron chi connectivity index (χ4n) is 3.18. The number of amides is 1. The fourth-order valence-corrected chi connectivity index (χ4v) is 5.17. The second-order valence-electron chi connectivity index (χ2n) is 6.62. The Kier molecular flexibility index (Phi) is 6.68. The van der Waals surface area contributed by atoms with E-state index in [1.165, 1.54) is 23.5 Å². The Hall–Kier alpha value is -1.87. The summed E-state index contributed by atoms with van der Waals surface area (Å²) >= 11 is 11.8. The van der Waals surface area contributed by atoms with Crippen LogP contribution in [-0.4, -0.2) is 38.8 Å². The molecule has 1 amide bonds. The van der Waals surface area contributed by atoms with Gasteiger partial charge in [0.1, 0.15) is 16.5 Å². The van der Waals surface area contributed by atoms with E-state index in [0.717, 1.165) is 12.1 Å². The van der Waals surface area contributed by atoms with Crippen LogP contribution in [0.2, 0.25) is 10.0 Å². The van der Waals surface area contributed by atoms with E-state index in [1.54, 1.807) is 12.1 Å². The molecule has 1 atom stereocenters. The third-order valence-electron chi connectivity index (χ3n) is 4.69. The number of ether oxygens (including phenoxy) is 1. The number of anilines is 1. The molecule has 1 aliphatic rings. The van der Waals surface area contributed by atoms with Gasteiger partial charge >= 0.3 is 0 Å². The van der Waals surface area contributed by atoms with Crippen molar-refractivity contribution < 1.29 is 22.3 Å². The van der Waals surface area contributed by atoms with Crippen LogP contribution < -0.4 is 10.1 Å². The van der Waals surface area contributed by atoms with Gasteiger partial charge in [0.2, 0.25) is 15.9 Å². The first kappa shape index (κ1) is 21.8. The van der Waals surface area contributed by atoms with E-state index in [0.29, 0.717) is 28.6 Å². The summed E-state index contributed by atoms with van der Waals surface area (Å²) in [6.45, 7) is 0.216. The van der Waals surface area contributed by atoms with Crippen molar-refractivity contribution in [2.24, 2.45) is 5.92 Å². The molecule has 10 heteroatoms. The van der Waals surface area contributed by atoms with E-state index in [4.69, 9.17) is 27.9 Å². The van der Waals surface area contributed by atoms with Crippen molar-refractivity contribution in [2.45, 2.75) is 17.7 Å². The largest absolute Gasteiger partial charge is 0.495 e. The standard InChI is InChI=1S/C19H19Cl2FN2O4S/c1-28-17-7-4-13(22)9-18(17)29(26,27)24-8-2-3-12(11-24)19(25)23-14-5-6-15(20)16(21)10-14/h4-7,9-10,12H,2-3,8,11H2,1H3,(H,23,25)/t12-/m1/s1. The predicted molar refractivity (Wildman–Crippen MR) is 110 cm³/mol. The number of hydrogen-bond acceptors (Lipinski definition) is 4. The summed E-state index contributed by atoms with van der Waals surface area (Å²) in [6, 6.07) is 8.01. The highest BCUT2D eigenvalue weighted by Crippen LogP contribution is 2.31. The van der Waals surface area contributed by atoms with Crippen LogP contribution in [0.5, 0.6) is 5.75 Å². The maximum atomic E-state index is 13.7. The molecule has 1 heterocycles. The number of piperidine rings is 1. The van der Waals surface area contributed by atoms with E-state index in [-0.39, 0.29) is 29.6 Å². The topological polar surface area (TPSA) is 75.7 Å². The Morgan fingerprint density at radius 2 is 1.97 bits per heavy atom. The summed E-state index contributed by atoms with van der Waals surface area (Å²) in [5, 5.41) is 3.40. The second kappa shape index (κ2) is 8.87. The average molecular weight is 461 g/mol. The molecule has 0 radical (unpaired) electrons. The number of carbonyl (C=O) groups excluding carboxylic acids is 1. The summed E-state index contributed by atoms with van der Waals surface area (Å²) in [6.07, 6.45) is 1.02. The molecule has 1 saturated heterocycles. The minimum Gasteiger partial charge on any atom is -0.495 e. The summed E-state index contributed by atoms with van der Waals surface area (Å²) in [7, 11) is -2.71. The molecule has 1 fully saturated rings. The number of nitrogens with zero attached hydrogens (tertiary/aromatic N) is 1. The van der Waals surface area contributed by atoms with Gasteiger partial charge in [-0.3, -0.25) is 4.79 Å². The summed E-state index contributed by atoms with van der Waals surface area (Å²) in [4.78, 5) is 12.4. The van der Waals surface area contributed by atoms with Gasteiger partial charge in [0.25, 0.3) is 0 Å². The molecule has 0 spiro atoms. The van der Waals surface area contributed by atoms with Crippen LogP contribution in [0, 0.1) is 11.7 Å². The Bertz CT molecular complexity index is 1030. The van der Waals surface area contributed by atoms with Crippen molar-refractivity contribution in [3.05, 3.63) is 52.3 Å². The lowest BCUT2D eigenvalue weighted by molar-refractivity contribution is -0.120. The van der Waals surface area contributed by atoms with Crippen LogP contribution in [0.15, 0.2) is 41.3 Å². The Morgan fingerprint density at radius 1 is 1.21 bits per heavy atom. The number of nitrogens with one attached hydrogen (secondary N) is 1. The molecule has 6 nitrogen and oxygen atoms in total. The lowest BCUT2D eigenvalue weighted by Gasteiger charge is -2.31. The van der Waals surface area contributed by atoms with E-state index in [1.807, 2.05) is 0 Å². The highest BCUT2D eigenvalue weighted by atomic mass is 35.5. The number of carbonyl (C=O) groups is 1. The monoisotopic (exact) mass is 460 g/mol. The van der Waals surface area contributed by atoms with Crippen molar-refractivity contribution in [3.8, 4) is 5.75 Å². The third kappa shape index (κ3) is 4.83. The molecule has 3 rings (SSSR count). The third-order valence-corrected chi connectivity index (χ3v) is 7.31. The molecule has 2 aromatic rings. The van der Waals surface area contributed by atoms with Gasteiger partial charge in [0, 0.05) is 18.8 Å². The number of benzene rings is 2. The van der Waals surface area contributed by atoms with Crippen LogP contribution in [-0.2, 0) is 14.8 Å². The molecule has 0 aliphatic carbocycles. The summed E-state index contributed by atoms with van der Waals surface area (Å²) in [5.41, 5.74) is 0.469. The van der Waals surface area contributed by atoms with E-state index < -0.39 is 21.8 Å². The summed E-state index contributed by atoms with van der Waals surface area (Å²) in [5.74, 6) is -1.52. The summed E-state index contributed by atoms with van der Waals surface area (Å²) < 4.78 is 46.0. The number of rotatable bonds is 5. The maximum Gasteiger partial charge on any atom is 0.246 e. The van der Waals surface area contributed by atoms with Gasteiger partial charge in [-0.25, -0.2) is 12.8 Å². The maximum absolute atomic E-state index is 13.7. The first-order chi connectivity index (χ1) is 13.7. The fraction of sp³-hybridized carbons (Fsp3) is 0.316. The molecule has 0 unspecified atom stereocenters. The first-order valence-electron chi connectivity index (χ1n) is 8.82. The van der Waals surface area contributed by atoms with E-state index in [2.05, 4.69) is 5.32 Å².